The number of benzene rings is 1. The van der Waals surface area contributed by atoms with Crippen molar-refractivity contribution in [1.82, 2.24) is 15.2 Å². The Hall–Kier alpha value is -0.710. The van der Waals surface area contributed by atoms with Crippen LogP contribution in [0.1, 0.15) is 23.1 Å². The van der Waals surface area contributed by atoms with Gasteiger partial charge < -0.3 is 0 Å². The van der Waals surface area contributed by atoms with Crippen molar-refractivity contribution in [1.29, 1.82) is 0 Å². The van der Waals surface area contributed by atoms with Gasteiger partial charge in [-0.05, 0) is 18.9 Å². The molecule has 2 aromatic rings. The first kappa shape index (κ1) is 13.3. The van der Waals surface area contributed by atoms with E-state index >= 15 is 0 Å². The molecule has 6 heteroatoms. The van der Waals surface area contributed by atoms with Gasteiger partial charge in [-0.15, -0.1) is 28.3 Å². The van der Waals surface area contributed by atoms with E-state index in [1.807, 2.05) is 25.1 Å². The Bertz CT molecular complexity index is 570. The quantitative estimate of drug-likeness (QED) is 0.681. The van der Waals surface area contributed by atoms with Gasteiger partial charge in [-0.25, -0.2) is 4.98 Å². The third-order valence-electron chi connectivity index (χ3n) is 3.18. The molecule has 0 radical (unpaired) electrons. The number of hydrogen-bond acceptors (Lipinski definition) is 3. The van der Waals surface area contributed by atoms with Gasteiger partial charge in [-0.3, -0.25) is 5.10 Å². The Morgan fingerprint density at radius 1 is 1.37 bits per heavy atom. The van der Waals surface area contributed by atoms with Crippen LogP contribution in [0.15, 0.2) is 35.5 Å². The molecule has 2 atom stereocenters. The van der Waals surface area contributed by atoms with Gasteiger partial charge in [0.1, 0.15) is 10.2 Å². The minimum Gasteiger partial charge on any atom is -0.262 e. The fourth-order valence-electron chi connectivity index (χ4n) is 2.08. The molecule has 3 nitrogen and oxygen atoms in total. The Balaban J connectivity index is 1.85. The van der Waals surface area contributed by atoms with Crippen molar-refractivity contribution in [2.24, 2.45) is 5.92 Å². The maximum absolute atomic E-state index is 6.23. The van der Waals surface area contributed by atoms with E-state index in [1.165, 1.54) is 5.56 Å². The fraction of sp³-hybridized carbons (Fsp3) is 0.385. The molecule has 1 saturated carbocycles. The number of thioether (sulfide) groups is 1. The van der Waals surface area contributed by atoms with Crippen LogP contribution in [0.25, 0.3) is 0 Å². The molecule has 0 amide bonds. The number of aromatic nitrogens is 3. The zero-order valence-electron chi connectivity index (χ0n) is 10.3. The summed E-state index contributed by atoms with van der Waals surface area (Å²) in [5.41, 5.74) is 1.21. The van der Waals surface area contributed by atoms with E-state index in [4.69, 9.17) is 23.2 Å². The number of hydrogen-bond donors (Lipinski definition) is 1. The highest BCUT2D eigenvalue weighted by atomic mass is 35.5. The summed E-state index contributed by atoms with van der Waals surface area (Å²) in [5.74, 6) is 1.05. The molecular formula is C13H13Cl2N3S. The summed E-state index contributed by atoms with van der Waals surface area (Å²) in [6, 6.07) is 10.2. The molecule has 1 aliphatic carbocycles. The van der Waals surface area contributed by atoms with E-state index in [1.54, 1.807) is 11.8 Å². The lowest BCUT2D eigenvalue weighted by Gasteiger charge is -2.15. The molecule has 0 spiro atoms. The summed E-state index contributed by atoms with van der Waals surface area (Å²) in [5, 5.41) is 7.96. The highest BCUT2D eigenvalue weighted by molar-refractivity contribution is 7.99. The first-order valence-electron chi connectivity index (χ1n) is 6.05. The lowest BCUT2D eigenvalue weighted by atomic mass is 10.1. The normalized spacial score (nSPS) is 22.2. The van der Waals surface area contributed by atoms with Gasteiger partial charge in [0.25, 0.3) is 0 Å². The topological polar surface area (TPSA) is 41.6 Å². The van der Waals surface area contributed by atoms with Crippen molar-refractivity contribution in [3.8, 4) is 0 Å². The molecule has 19 heavy (non-hydrogen) atoms. The molecule has 1 aromatic heterocycles. The maximum Gasteiger partial charge on any atom is 0.209 e. The molecule has 0 saturated heterocycles. The van der Waals surface area contributed by atoms with Crippen molar-refractivity contribution in [3.05, 3.63) is 41.7 Å². The molecule has 2 unspecified atom stereocenters. The molecule has 100 valence electrons. The molecule has 1 aromatic carbocycles. The fourth-order valence-corrected chi connectivity index (χ4v) is 4.11. The zero-order valence-corrected chi connectivity index (χ0v) is 12.6. The van der Waals surface area contributed by atoms with Crippen molar-refractivity contribution >= 4 is 35.0 Å². The standard InChI is InChI=1S/C13H13Cl2N3S/c1-8-16-12(18-17-8)19-11(10-7-13(10,14)15)9-5-3-2-4-6-9/h2-6,10-11H,7H2,1H3,(H,16,17,18). The molecule has 0 bridgehead atoms. The molecule has 1 aliphatic rings. The lowest BCUT2D eigenvalue weighted by molar-refractivity contribution is 0.790. The first-order valence-corrected chi connectivity index (χ1v) is 7.68. The van der Waals surface area contributed by atoms with Crippen LogP contribution in [0, 0.1) is 12.8 Å². The number of H-pyrrole nitrogens is 1. The smallest absolute Gasteiger partial charge is 0.209 e. The summed E-state index contributed by atoms with van der Waals surface area (Å²) in [7, 11) is 0. The monoisotopic (exact) mass is 313 g/mol. The SMILES string of the molecule is Cc1nc(SC(c2ccccc2)C2CC2(Cl)Cl)n[nH]1. The number of alkyl halides is 2. The predicted molar refractivity (Wildman–Crippen MR) is 78.7 cm³/mol. The van der Waals surface area contributed by atoms with Gasteiger partial charge in [-0.2, -0.15) is 0 Å². The van der Waals surface area contributed by atoms with Crippen LogP contribution < -0.4 is 0 Å². The first-order chi connectivity index (χ1) is 9.06. The lowest BCUT2D eigenvalue weighted by Crippen LogP contribution is -2.03. The van der Waals surface area contributed by atoms with E-state index in [0.717, 1.165) is 17.4 Å². The van der Waals surface area contributed by atoms with E-state index < -0.39 is 4.33 Å². The zero-order chi connectivity index (χ0) is 13.5. The molecular weight excluding hydrogens is 301 g/mol. The minimum absolute atomic E-state index is 0.186. The second-order valence-corrected chi connectivity index (χ2v) is 7.38. The summed E-state index contributed by atoms with van der Waals surface area (Å²) in [4.78, 5) is 4.34. The van der Waals surface area contributed by atoms with Crippen LogP contribution in [0.5, 0.6) is 0 Å². The second-order valence-electron chi connectivity index (χ2n) is 4.72. The van der Waals surface area contributed by atoms with E-state index in [0.29, 0.717) is 0 Å². The van der Waals surface area contributed by atoms with Crippen molar-refractivity contribution in [2.45, 2.75) is 28.1 Å². The van der Waals surface area contributed by atoms with Gasteiger partial charge in [-0.1, -0.05) is 42.1 Å². The predicted octanol–water partition coefficient (Wildman–Crippen LogP) is 4.14. The van der Waals surface area contributed by atoms with Crippen LogP contribution in [0.4, 0.5) is 0 Å². The largest absolute Gasteiger partial charge is 0.262 e. The van der Waals surface area contributed by atoms with Crippen LogP contribution in [-0.4, -0.2) is 19.5 Å². The van der Waals surface area contributed by atoms with Gasteiger partial charge in [0.05, 0.1) is 0 Å². The van der Waals surface area contributed by atoms with Crippen molar-refractivity contribution in [3.63, 3.8) is 0 Å². The maximum atomic E-state index is 6.23. The van der Waals surface area contributed by atoms with Crippen LogP contribution >= 0.6 is 35.0 Å². The Morgan fingerprint density at radius 3 is 2.58 bits per heavy atom. The number of rotatable bonds is 4. The Labute approximate surface area is 126 Å². The Morgan fingerprint density at radius 2 is 2.05 bits per heavy atom. The summed E-state index contributed by atoms with van der Waals surface area (Å²) in [6.07, 6.45) is 0.812. The van der Waals surface area contributed by atoms with Crippen molar-refractivity contribution in [2.75, 3.05) is 0 Å². The molecule has 1 heterocycles. The number of aryl methyl sites for hydroxylation is 1. The van der Waals surface area contributed by atoms with Crippen LogP contribution in [0.2, 0.25) is 0 Å². The summed E-state index contributed by atoms with van der Waals surface area (Å²) in [6.45, 7) is 1.89. The minimum atomic E-state index is -0.612. The van der Waals surface area contributed by atoms with Gasteiger partial charge >= 0.3 is 0 Å². The van der Waals surface area contributed by atoms with E-state index in [9.17, 15) is 0 Å². The Kier molecular flexibility index (Phi) is 3.50. The molecule has 3 rings (SSSR count). The molecule has 1 fully saturated rings. The second kappa shape index (κ2) is 5.00. The van der Waals surface area contributed by atoms with Gasteiger partial charge in [0.15, 0.2) is 0 Å². The number of halogens is 2. The van der Waals surface area contributed by atoms with Crippen molar-refractivity contribution < 1.29 is 0 Å². The van der Waals surface area contributed by atoms with E-state index in [-0.39, 0.29) is 11.2 Å². The summed E-state index contributed by atoms with van der Waals surface area (Å²) >= 11 is 14.1. The third kappa shape index (κ3) is 2.91. The average molecular weight is 314 g/mol. The van der Waals surface area contributed by atoms with Crippen LogP contribution in [-0.2, 0) is 0 Å². The van der Waals surface area contributed by atoms with Gasteiger partial charge in [0.2, 0.25) is 5.16 Å². The van der Waals surface area contributed by atoms with E-state index in [2.05, 4.69) is 27.3 Å². The van der Waals surface area contributed by atoms with Gasteiger partial charge in [0, 0.05) is 11.2 Å². The van der Waals surface area contributed by atoms with Crippen LogP contribution in [0.3, 0.4) is 0 Å². The number of aromatic amines is 1. The highest BCUT2D eigenvalue weighted by Crippen LogP contribution is 2.63. The average Bonchev–Trinajstić information content (AvgIpc) is 2.81. The molecule has 1 N–H and O–H groups in total. The highest BCUT2D eigenvalue weighted by Gasteiger charge is 2.56. The summed E-state index contributed by atoms with van der Waals surface area (Å²) < 4.78 is -0.612. The number of nitrogens with zero attached hydrogens (tertiary/aromatic N) is 2. The molecule has 0 aliphatic heterocycles. The number of nitrogens with one attached hydrogen (secondary N) is 1. The third-order valence-corrected chi connectivity index (χ3v) is 5.29.